The summed E-state index contributed by atoms with van der Waals surface area (Å²) in [7, 11) is 0. The van der Waals surface area contributed by atoms with Crippen molar-refractivity contribution >= 4 is 27.3 Å². The van der Waals surface area contributed by atoms with Gasteiger partial charge < -0.3 is 10.1 Å². The summed E-state index contributed by atoms with van der Waals surface area (Å²) in [4.78, 5) is 1.41. The molecule has 2 atom stereocenters. The molecule has 100 valence electrons. The molecule has 0 aliphatic heterocycles. The van der Waals surface area contributed by atoms with Gasteiger partial charge in [0.2, 0.25) is 0 Å². The highest BCUT2D eigenvalue weighted by Crippen LogP contribution is 2.57. The molecular formula is C14H20BrNOS. The van der Waals surface area contributed by atoms with E-state index in [2.05, 4.69) is 39.6 Å². The van der Waals surface area contributed by atoms with Crippen LogP contribution < -0.4 is 5.32 Å². The van der Waals surface area contributed by atoms with E-state index in [1.807, 2.05) is 11.3 Å². The number of ether oxygens (including phenoxy) is 1. The van der Waals surface area contributed by atoms with E-state index in [9.17, 15) is 0 Å². The van der Waals surface area contributed by atoms with E-state index >= 15 is 0 Å². The molecule has 0 bridgehead atoms. The Kier molecular flexibility index (Phi) is 3.81. The van der Waals surface area contributed by atoms with E-state index in [-0.39, 0.29) is 0 Å². The third kappa shape index (κ3) is 2.17. The predicted molar refractivity (Wildman–Crippen MR) is 79.0 cm³/mol. The van der Waals surface area contributed by atoms with Gasteiger partial charge in [-0.2, -0.15) is 0 Å². The molecule has 2 aliphatic carbocycles. The summed E-state index contributed by atoms with van der Waals surface area (Å²) in [6, 6.07) is 2.88. The lowest BCUT2D eigenvalue weighted by Gasteiger charge is -2.61. The fourth-order valence-electron chi connectivity index (χ4n) is 3.39. The van der Waals surface area contributed by atoms with Gasteiger partial charge in [-0.1, -0.05) is 6.42 Å². The van der Waals surface area contributed by atoms with Gasteiger partial charge in [0.25, 0.3) is 0 Å². The number of rotatable bonds is 5. The molecule has 2 fully saturated rings. The van der Waals surface area contributed by atoms with Crippen LogP contribution in [0.2, 0.25) is 0 Å². The van der Waals surface area contributed by atoms with Crippen LogP contribution in [0.4, 0.5) is 0 Å². The van der Waals surface area contributed by atoms with Gasteiger partial charge >= 0.3 is 0 Å². The summed E-state index contributed by atoms with van der Waals surface area (Å²) in [6.45, 7) is 3.97. The van der Waals surface area contributed by atoms with Gasteiger partial charge in [0.1, 0.15) is 0 Å². The lowest BCUT2D eigenvalue weighted by molar-refractivity contribution is -0.173. The first-order chi connectivity index (χ1) is 8.74. The first-order valence-corrected chi connectivity index (χ1v) is 8.50. The fraction of sp³-hybridized carbons (Fsp3) is 0.714. The van der Waals surface area contributed by atoms with E-state index in [0.717, 1.165) is 13.2 Å². The fourth-order valence-corrected chi connectivity index (χ4v) is 4.80. The van der Waals surface area contributed by atoms with Crippen molar-refractivity contribution in [3.05, 3.63) is 20.8 Å². The van der Waals surface area contributed by atoms with Crippen LogP contribution in [0, 0.1) is 5.41 Å². The minimum Gasteiger partial charge on any atom is -0.378 e. The zero-order valence-electron chi connectivity index (χ0n) is 10.7. The summed E-state index contributed by atoms with van der Waals surface area (Å²) in [5.74, 6) is 0. The molecule has 0 aromatic carbocycles. The number of hydrogen-bond donors (Lipinski definition) is 1. The average molecular weight is 330 g/mol. The molecule has 18 heavy (non-hydrogen) atoms. The van der Waals surface area contributed by atoms with Gasteiger partial charge in [-0.15, -0.1) is 11.3 Å². The third-order valence-corrected chi connectivity index (χ3v) is 6.28. The number of nitrogens with one attached hydrogen (secondary N) is 1. The second-order valence-electron chi connectivity index (χ2n) is 5.43. The summed E-state index contributed by atoms with van der Waals surface area (Å²) in [5, 5.41) is 5.89. The summed E-state index contributed by atoms with van der Waals surface area (Å²) in [6.07, 6.45) is 5.79. The van der Waals surface area contributed by atoms with Gasteiger partial charge in [0, 0.05) is 39.3 Å². The molecule has 1 aromatic heterocycles. The molecule has 1 N–H and O–H groups in total. The van der Waals surface area contributed by atoms with Crippen LogP contribution in [-0.4, -0.2) is 18.8 Å². The Balaban J connectivity index is 1.55. The van der Waals surface area contributed by atoms with E-state index in [0.29, 0.717) is 17.6 Å². The third-order valence-electron chi connectivity index (χ3n) is 4.58. The highest BCUT2D eigenvalue weighted by Gasteiger charge is 2.58. The second-order valence-corrected chi connectivity index (χ2v) is 7.34. The first kappa shape index (κ1) is 13.1. The molecule has 3 rings (SSSR count). The number of halogens is 1. The van der Waals surface area contributed by atoms with Gasteiger partial charge in [-0.3, -0.25) is 0 Å². The van der Waals surface area contributed by atoms with Crippen molar-refractivity contribution in [3.8, 4) is 0 Å². The van der Waals surface area contributed by atoms with Crippen LogP contribution in [0.3, 0.4) is 0 Å². The number of hydrogen-bond acceptors (Lipinski definition) is 3. The molecule has 2 unspecified atom stereocenters. The van der Waals surface area contributed by atoms with Crippen LogP contribution in [0.1, 0.15) is 37.5 Å². The molecule has 2 saturated carbocycles. The maximum absolute atomic E-state index is 5.88. The second kappa shape index (κ2) is 5.23. The average Bonchev–Trinajstić information content (AvgIpc) is 2.66. The standard InChI is InChI=1S/C14H20BrNOS/c1-2-17-13-7-12(14(13)4-3-5-14)16-8-11-6-10(15)9-18-11/h6,9,12-13,16H,2-5,7-8H2,1H3. The van der Waals surface area contributed by atoms with Gasteiger partial charge in [-0.25, -0.2) is 0 Å². The Morgan fingerprint density at radius 1 is 1.56 bits per heavy atom. The van der Waals surface area contributed by atoms with E-state index in [4.69, 9.17) is 4.74 Å². The molecular weight excluding hydrogens is 310 g/mol. The summed E-state index contributed by atoms with van der Waals surface area (Å²) < 4.78 is 7.07. The molecule has 0 radical (unpaired) electrons. The van der Waals surface area contributed by atoms with Crippen LogP contribution in [-0.2, 0) is 11.3 Å². The first-order valence-electron chi connectivity index (χ1n) is 6.82. The predicted octanol–water partition coefficient (Wildman–Crippen LogP) is 3.95. The summed E-state index contributed by atoms with van der Waals surface area (Å²) in [5.41, 5.74) is 0.477. The van der Waals surface area contributed by atoms with E-state index in [1.165, 1.54) is 35.0 Å². The van der Waals surface area contributed by atoms with Crippen LogP contribution in [0.15, 0.2) is 15.9 Å². The van der Waals surface area contributed by atoms with Crippen molar-refractivity contribution in [2.75, 3.05) is 6.61 Å². The molecule has 2 nitrogen and oxygen atoms in total. The highest BCUT2D eigenvalue weighted by atomic mass is 79.9. The van der Waals surface area contributed by atoms with Crippen molar-refractivity contribution in [3.63, 3.8) is 0 Å². The molecule has 1 aromatic rings. The number of thiophene rings is 1. The Labute approximate surface area is 121 Å². The van der Waals surface area contributed by atoms with Crippen molar-refractivity contribution in [1.82, 2.24) is 5.32 Å². The van der Waals surface area contributed by atoms with Crippen molar-refractivity contribution in [2.24, 2.45) is 5.41 Å². The highest BCUT2D eigenvalue weighted by molar-refractivity contribution is 9.10. The summed E-state index contributed by atoms with van der Waals surface area (Å²) >= 11 is 5.33. The Bertz CT molecular complexity index is 416. The van der Waals surface area contributed by atoms with E-state index in [1.54, 1.807) is 0 Å². The van der Waals surface area contributed by atoms with Crippen molar-refractivity contribution in [2.45, 2.75) is 51.3 Å². The molecule has 2 aliphatic rings. The lowest BCUT2D eigenvalue weighted by Crippen LogP contribution is -2.66. The lowest BCUT2D eigenvalue weighted by atomic mass is 9.51. The maximum Gasteiger partial charge on any atom is 0.0661 e. The molecule has 0 amide bonds. The minimum atomic E-state index is 0.477. The van der Waals surface area contributed by atoms with Gasteiger partial charge in [0.15, 0.2) is 0 Å². The van der Waals surface area contributed by atoms with Crippen molar-refractivity contribution < 1.29 is 4.74 Å². The minimum absolute atomic E-state index is 0.477. The molecule has 4 heteroatoms. The Morgan fingerprint density at radius 3 is 2.94 bits per heavy atom. The molecule has 1 spiro atoms. The topological polar surface area (TPSA) is 21.3 Å². The largest absolute Gasteiger partial charge is 0.378 e. The SMILES string of the molecule is CCOC1CC(NCc2cc(Br)cs2)C12CCC2. The van der Waals surface area contributed by atoms with Gasteiger partial charge in [0.05, 0.1) is 6.10 Å². The van der Waals surface area contributed by atoms with E-state index < -0.39 is 0 Å². The zero-order valence-corrected chi connectivity index (χ0v) is 13.1. The van der Waals surface area contributed by atoms with Crippen molar-refractivity contribution in [1.29, 1.82) is 0 Å². The smallest absolute Gasteiger partial charge is 0.0661 e. The monoisotopic (exact) mass is 329 g/mol. The van der Waals surface area contributed by atoms with Crippen LogP contribution in [0.25, 0.3) is 0 Å². The zero-order chi connectivity index (χ0) is 12.6. The van der Waals surface area contributed by atoms with Gasteiger partial charge in [-0.05, 0) is 48.2 Å². The Hall–Kier alpha value is 0.1000. The quantitative estimate of drug-likeness (QED) is 0.883. The Morgan fingerprint density at radius 2 is 2.39 bits per heavy atom. The normalized spacial score (nSPS) is 29.0. The molecule has 1 heterocycles. The molecule has 0 saturated heterocycles. The van der Waals surface area contributed by atoms with Crippen LogP contribution >= 0.6 is 27.3 Å². The maximum atomic E-state index is 5.88. The van der Waals surface area contributed by atoms with Crippen LogP contribution in [0.5, 0.6) is 0 Å².